The number of aromatic nitrogens is 2. The van der Waals surface area contributed by atoms with Crippen LogP contribution >= 0.6 is 0 Å². The van der Waals surface area contributed by atoms with Crippen LogP contribution in [0, 0.1) is 5.92 Å². The monoisotopic (exact) mass is 263 g/mol. The standard InChI is InChI=1S/C15H25N3O/c1-10(2)14(16)15-17-12(9-13(18-15)19-3)11-7-5-4-6-8-11/h9-11,14H,4-8,16H2,1-3H3. The van der Waals surface area contributed by atoms with Gasteiger partial charge in [-0.3, -0.25) is 0 Å². The summed E-state index contributed by atoms with van der Waals surface area (Å²) in [5.74, 6) is 2.23. The smallest absolute Gasteiger partial charge is 0.216 e. The lowest BCUT2D eigenvalue weighted by molar-refractivity contribution is 0.380. The van der Waals surface area contributed by atoms with Gasteiger partial charge in [0, 0.05) is 12.0 Å². The minimum atomic E-state index is -0.127. The Hall–Kier alpha value is -1.16. The maximum Gasteiger partial charge on any atom is 0.216 e. The first-order valence-electron chi connectivity index (χ1n) is 7.30. The van der Waals surface area contributed by atoms with Crippen molar-refractivity contribution in [2.45, 2.75) is 57.9 Å². The van der Waals surface area contributed by atoms with Crippen molar-refractivity contribution in [3.63, 3.8) is 0 Å². The normalized spacial score (nSPS) is 18.6. The molecule has 1 heterocycles. The molecule has 2 N–H and O–H groups in total. The lowest BCUT2D eigenvalue weighted by atomic mass is 9.87. The summed E-state index contributed by atoms with van der Waals surface area (Å²) in [5.41, 5.74) is 7.29. The number of nitrogens with zero attached hydrogens (tertiary/aromatic N) is 2. The zero-order valence-corrected chi connectivity index (χ0v) is 12.2. The molecule has 4 nitrogen and oxygen atoms in total. The van der Waals surface area contributed by atoms with E-state index in [-0.39, 0.29) is 6.04 Å². The summed E-state index contributed by atoms with van der Waals surface area (Å²) in [5, 5.41) is 0. The Labute approximate surface area is 115 Å². The molecule has 1 saturated carbocycles. The average molecular weight is 263 g/mol. The van der Waals surface area contributed by atoms with E-state index in [1.807, 2.05) is 6.07 Å². The predicted molar refractivity (Wildman–Crippen MR) is 76.2 cm³/mol. The zero-order valence-electron chi connectivity index (χ0n) is 12.2. The van der Waals surface area contributed by atoms with E-state index in [9.17, 15) is 0 Å². The lowest BCUT2D eigenvalue weighted by Gasteiger charge is -2.23. The maximum atomic E-state index is 6.18. The highest BCUT2D eigenvalue weighted by Crippen LogP contribution is 2.33. The van der Waals surface area contributed by atoms with Crippen molar-refractivity contribution in [3.05, 3.63) is 17.6 Å². The van der Waals surface area contributed by atoms with E-state index in [0.29, 0.717) is 17.7 Å². The molecule has 0 aliphatic heterocycles. The van der Waals surface area contributed by atoms with Crippen molar-refractivity contribution >= 4 is 0 Å². The minimum absolute atomic E-state index is 0.127. The van der Waals surface area contributed by atoms with Gasteiger partial charge in [0.15, 0.2) is 0 Å². The number of nitrogens with two attached hydrogens (primary N) is 1. The second-order valence-corrected chi connectivity index (χ2v) is 5.80. The van der Waals surface area contributed by atoms with Gasteiger partial charge in [-0.2, -0.15) is 4.98 Å². The minimum Gasteiger partial charge on any atom is -0.481 e. The van der Waals surface area contributed by atoms with E-state index < -0.39 is 0 Å². The molecule has 0 spiro atoms. The molecule has 2 rings (SSSR count). The highest BCUT2D eigenvalue weighted by Gasteiger charge is 2.21. The summed E-state index contributed by atoms with van der Waals surface area (Å²) in [6.45, 7) is 4.18. The molecular formula is C15H25N3O. The van der Waals surface area contributed by atoms with Crippen LogP contribution in [0.4, 0.5) is 0 Å². The van der Waals surface area contributed by atoms with Crippen LogP contribution in [0.5, 0.6) is 5.88 Å². The zero-order chi connectivity index (χ0) is 13.8. The third-order valence-corrected chi connectivity index (χ3v) is 3.99. The van der Waals surface area contributed by atoms with Gasteiger partial charge in [-0.1, -0.05) is 33.1 Å². The van der Waals surface area contributed by atoms with Gasteiger partial charge in [-0.25, -0.2) is 4.98 Å². The fraction of sp³-hybridized carbons (Fsp3) is 0.733. The molecule has 0 bridgehead atoms. The fourth-order valence-corrected chi connectivity index (χ4v) is 2.62. The molecule has 4 heteroatoms. The first-order valence-corrected chi connectivity index (χ1v) is 7.30. The molecule has 1 atom stereocenters. The van der Waals surface area contributed by atoms with Crippen LogP contribution in [0.15, 0.2) is 6.07 Å². The van der Waals surface area contributed by atoms with E-state index in [1.165, 1.54) is 32.1 Å². The predicted octanol–water partition coefficient (Wildman–Crippen LogP) is 3.19. The van der Waals surface area contributed by atoms with Crippen LogP contribution in [0.1, 0.15) is 69.4 Å². The Morgan fingerprint density at radius 2 is 1.89 bits per heavy atom. The largest absolute Gasteiger partial charge is 0.481 e. The van der Waals surface area contributed by atoms with Crippen molar-refractivity contribution in [1.29, 1.82) is 0 Å². The second kappa shape index (κ2) is 6.33. The SMILES string of the molecule is COc1cc(C2CCCCC2)nc(C(N)C(C)C)n1. The van der Waals surface area contributed by atoms with E-state index in [4.69, 9.17) is 15.5 Å². The van der Waals surface area contributed by atoms with Crippen LogP contribution in [0.2, 0.25) is 0 Å². The third kappa shape index (κ3) is 3.44. The Morgan fingerprint density at radius 3 is 2.47 bits per heavy atom. The summed E-state index contributed by atoms with van der Waals surface area (Å²) in [4.78, 5) is 9.12. The summed E-state index contributed by atoms with van der Waals surface area (Å²) >= 11 is 0. The number of ether oxygens (including phenoxy) is 1. The second-order valence-electron chi connectivity index (χ2n) is 5.80. The van der Waals surface area contributed by atoms with Gasteiger partial charge in [-0.15, -0.1) is 0 Å². The number of hydrogen-bond donors (Lipinski definition) is 1. The Bertz CT molecular complexity index is 414. The van der Waals surface area contributed by atoms with Crippen molar-refractivity contribution in [3.8, 4) is 5.88 Å². The highest BCUT2D eigenvalue weighted by atomic mass is 16.5. The van der Waals surface area contributed by atoms with E-state index in [2.05, 4.69) is 18.8 Å². The van der Waals surface area contributed by atoms with E-state index >= 15 is 0 Å². The molecule has 0 saturated heterocycles. The number of rotatable bonds is 4. The van der Waals surface area contributed by atoms with Gasteiger partial charge in [0.1, 0.15) is 5.82 Å². The maximum absolute atomic E-state index is 6.18. The van der Waals surface area contributed by atoms with Crippen LogP contribution in [-0.4, -0.2) is 17.1 Å². The average Bonchev–Trinajstić information content (AvgIpc) is 2.46. The number of hydrogen-bond acceptors (Lipinski definition) is 4. The van der Waals surface area contributed by atoms with Gasteiger partial charge >= 0.3 is 0 Å². The van der Waals surface area contributed by atoms with Crippen LogP contribution in [0.3, 0.4) is 0 Å². The van der Waals surface area contributed by atoms with Crippen molar-refractivity contribution < 1.29 is 4.74 Å². The van der Waals surface area contributed by atoms with E-state index in [0.717, 1.165) is 11.5 Å². The molecule has 19 heavy (non-hydrogen) atoms. The molecule has 1 aromatic heterocycles. The molecule has 1 unspecified atom stereocenters. The van der Waals surface area contributed by atoms with Crippen molar-refractivity contribution in [2.24, 2.45) is 11.7 Å². The van der Waals surface area contributed by atoms with Crippen LogP contribution < -0.4 is 10.5 Å². The van der Waals surface area contributed by atoms with Gasteiger partial charge in [0.2, 0.25) is 5.88 Å². The first kappa shape index (κ1) is 14.3. The molecule has 1 aromatic rings. The molecule has 0 amide bonds. The topological polar surface area (TPSA) is 61.0 Å². The van der Waals surface area contributed by atoms with Gasteiger partial charge < -0.3 is 10.5 Å². The highest BCUT2D eigenvalue weighted by molar-refractivity contribution is 5.21. The molecule has 106 valence electrons. The summed E-state index contributed by atoms with van der Waals surface area (Å²) < 4.78 is 5.31. The first-order chi connectivity index (χ1) is 9.11. The molecular weight excluding hydrogens is 238 g/mol. The molecule has 1 aliphatic carbocycles. The fourth-order valence-electron chi connectivity index (χ4n) is 2.62. The molecule has 1 aliphatic rings. The van der Waals surface area contributed by atoms with Gasteiger partial charge in [-0.05, 0) is 18.8 Å². The quantitative estimate of drug-likeness (QED) is 0.906. The molecule has 1 fully saturated rings. The van der Waals surface area contributed by atoms with Crippen LogP contribution in [0.25, 0.3) is 0 Å². The lowest BCUT2D eigenvalue weighted by Crippen LogP contribution is -2.21. The van der Waals surface area contributed by atoms with E-state index in [1.54, 1.807) is 7.11 Å². The molecule has 0 radical (unpaired) electrons. The summed E-state index contributed by atoms with van der Waals surface area (Å²) in [7, 11) is 1.65. The summed E-state index contributed by atoms with van der Waals surface area (Å²) in [6, 6.07) is 1.85. The van der Waals surface area contributed by atoms with Crippen LogP contribution in [-0.2, 0) is 0 Å². The van der Waals surface area contributed by atoms with Crippen molar-refractivity contribution in [1.82, 2.24) is 9.97 Å². The third-order valence-electron chi connectivity index (χ3n) is 3.99. The Balaban J connectivity index is 2.29. The number of methoxy groups -OCH3 is 1. The Morgan fingerprint density at radius 1 is 1.21 bits per heavy atom. The van der Waals surface area contributed by atoms with Crippen molar-refractivity contribution in [2.75, 3.05) is 7.11 Å². The van der Waals surface area contributed by atoms with Gasteiger partial charge in [0.25, 0.3) is 0 Å². The summed E-state index contributed by atoms with van der Waals surface area (Å²) in [6.07, 6.45) is 6.37. The molecule has 0 aromatic carbocycles. The van der Waals surface area contributed by atoms with Gasteiger partial charge in [0.05, 0.1) is 18.8 Å². The Kier molecular flexibility index (Phi) is 4.75.